The molecule has 1 aliphatic carbocycles. The summed E-state index contributed by atoms with van der Waals surface area (Å²) < 4.78 is 13.5. The predicted octanol–water partition coefficient (Wildman–Crippen LogP) is 4.33. The molecule has 1 fully saturated rings. The summed E-state index contributed by atoms with van der Waals surface area (Å²) in [6.07, 6.45) is 3.56. The maximum atomic E-state index is 13.5. The second-order valence-electron chi connectivity index (χ2n) is 6.07. The first-order valence-corrected chi connectivity index (χ1v) is 8.50. The Bertz CT molecular complexity index is 834. The van der Waals surface area contributed by atoms with Crippen LogP contribution in [0.4, 0.5) is 10.1 Å². The molecule has 0 aromatic heterocycles. The Hall–Kier alpha value is -2.40. The van der Waals surface area contributed by atoms with Crippen LogP contribution in [-0.4, -0.2) is 19.2 Å². The SMILES string of the molecule is CNc1ccc(C2CC2)c(CNC(=O)c2ccc(Cl)c(F)c2)c1C=N. The molecule has 2 aromatic carbocycles. The van der Waals surface area contributed by atoms with Crippen molar-refractivity contribution in [1.82, 2.24) is 5.32 Å². The number of hydrogen-bond donors (Lipinski definition) is 3. The zero-order valence-corrected chi connectivity index (χ0v) is 14.6. The van der Waals surface area contributed by atoms with E-state index in [2.05, 4.69) is 16.7 Å². The third-order valence-corrected chi connectivity index (χ3v) is 4.74. The summed E-state index contributed by atoms with van der Waals surface area (Å²) in [5.41, 5.74) is 3.94. The van der Waals surface area contributed by atoms with Crippen LogP contribution in [0.15, 0.2) is 30.3 Å². The van der Waals surface area contributed by atoms with Gasteiger partial charge in [0.1, 0.15) is 5.82 Å². The van der Waals surface area contributed by atoms with Gasteiger partial charge in [-0.05, 0) is 54.2 Å². The van der Waals surface area contributed by atoms with E-state index in [-0.39, 0.29) is 23.0 Å². The summed E-state index contributed by atoms with van der Waals surface area (Å²) in [6.45, 7) is 0.287. The Kier molecular flexibility index (Phi) is 5.04. The van der Waals surface area contributed by atoms with E-state index in [1.165, 1.54) is 23.9 Å². The third kappa shape index (κ3) is 3.66. The minimum atomic E-state index is -0.620. The summed E-state index contributed by atoms with van der Waals surface area (Å²) in [5, 5.41) is 13.6. The van der Waals surface area contributed by atoms with Gasteiger partial charge in [-0.25, -0.2) is 4.39 Å². The van der Waals surface area contributed by atoms with Crippen LogP contribution in [0.5, 0.6) is 0 Å². The first kappa shape index (κ1) is 17.4. The average molecular weight is 360 g/mol. The van der Waals surface area contributed by atoms with E-state index in [0.29, 0.717) is 5.92 Å². The Morgan fingerprint density at radius 3 is 2.72 bits per heavy atom. The van der Waals surface area contributed by atoms with E-state index < -0.39 is 5.82 Å². The zero-order chi connectivity index (χ0) is 18.0. The highest BCUT2D eigenvalue weighted by Crippen LogP contribution is 2.43. The first-order valence-electron chi connectivity index (χ1n) is 8.12. The second kappa shape index (κ2) is 7.23. The molecule has 1 saturated carbocycles. The van der Waals surface area contributed by atoms with Crippen molar-refractivity contribution in [3.05, 3.63) is 63.4 Å². The van der Waals surface area contributed by atoms with Gasteiger partial charge in [0, 0.05) is 36.6 Å². The molecular weight excluding hydrogens is 341 g/mol. The Morgan fingerprint density at radius 1 is 1.36 bits per heavy atom. The lowest BCUT2D eigenvalue weighted by Crippen LogP contribution is -2.24. The number of nitrogens with one attached hydrogen (secondary N) is 3. The smallest absolute Gasteiger partial charge is 0.251 e. The molecule has 25 heavy (non-hydrogen) atoms. The summed E-state index contributed by atoms with van der Waals surface area (Å²) in [4.78, 5) is 12.3. The summed E-state index contributed by atoms with van der Waals surface area (Å²) in [5.74, 6) is -0.502. The predicted molar refractivity (Wildman–Crippen MR) is 98.4 cm³/mol. The molecule has 3 rings (SSSR count). The van der Waals surface area contributed by atoms with Gasteiger partial charge in [0.15, 0.2) is 0 Å². The molecule has 6 heteroatoms. The van der Waals surface area contributed by atoms with Crippen LogP contribution in [-0.2, 0) is 6.54 Å². The number of amides is 1. The van der Waals surface area contributed by atoms with Crippen LogP contribution in [0, 0.1) is 11.2 Å². The molecule has 0 spiro atoms. The lowest BCUT2D eigenvalue weighted by molar-refractivity contribution is 0.0950. The minimum absolute atomic E-state index is 0.0135. The summed E-state index contributed by atoms with van der Waals surface area (Å²) in [7, 11) is 1.80. The van der Waals surface area contributed by atoms with E-state index in [1.807, 2.05) is 6.07 Å². The van der Waals surface area contributed by atoms with Gasteiger partial charge in [0.2, 0.25) is 0 Å². The van der Waals surface area contributed by atoms with Crippen molar-refractivity contribution in [2.45, 2.75) is 25.3 Å². The molecule has 0 saturated heterocycles. The van der Waals surface area contributed by atoms with Gasteiger partial charge in [0.05, 0.1) is 5.02 Å². The fourth-order valence-electron chi connectivity index (χ4n) is 2.95. The lowest BCUT2D eigenvalue weighted by atomic mass is 9.96. The number of carbonyl (C=O) groups is 1. The average Bonchev–Trinajstić information content (AvgIpc) is 3.45. The van der Waals surface area contributed by atoms with Gasteiger partial charge >= 0.3 is 0 Å². The molecule has 0 atom stereocenters. The first-order chi connectivity index (χ1) is 12.0. The highest BCUT2D eigenvalue weighted by Gasteiger charge is 2.27. The number of carbonyl (C=O) groups excluding carboxylic acids is 1. The fraction of sp³-hybridized carbons (Fsp3) is 0.263. The Labute approximate surface area is 150 Å². The Balaban J connectivity index is 1.85. The van der Waals surface area contributed by atoms with E-state index in [9.17, 15) is 9.18 Å². The number of halogens is 2. The van der Waals surface area contributed by atoms with Crippen molar-refractivity contribution in [2.75, 3.05) is 12.4 Å². The number of rotatable bonds is 6. The molecule has 1 amide bonds. The van der Waals surface area contributed by atoms with Crippen LogP contribution in [0.2, 0.25) is 5.02 Å². The van der Waals surface area contributed by atoms with Gasteiger partial charge in [-0.15, -0.1) is 0 Å². The molecule has 0 unspecified atom stereocenters. The highest BCUT2D eigenvalue weighted by molar-refractivity contribution is 6.30. The normalized spacial score (nSPS) is 13.4. The van der Waals surface area contributed by atoms with Gasteiger partial charge in [0.25, 0.3) is 5.91 Å². The van der Waals surface area contributed by atoms with E-state index in [0.717, 1.165) is 35.7 Å². The van der Waals surface area contributed by atoms with Crippen LogP contribution < -0.4 is 10.6 Å². The Morgan fingerprint density at radius 2 is 2.12 bits per heavy atom. The molecular formula is C19H19ClFN3O. The molecule has 0 radical (unpaired) electrons. The highest BCUT2D eigenvalue weighted by atomic mass is 35.5. The molecule has 0 bridgehead atoms. The molecule has 130 valence electrons. The zero-order valence-electron chi connectivity index (χ0n) is 13.8. The van der Waals surface area contributed by atoms with Crippen molar-refractivity contribution in [3.63, 3.8) is 0 Å². The van der Waals surface area contributed by atoms with Crippen LogP contribution in [0.3, 0.4) is 0 Å². The van der Waals surface area contributed by atoms with Crippen molar-refractivity contribution < 1.29 is 9.18 Å². The largest absolute Gasteiger partial charge is 0.388 e. The van der Waals surface area contributed by atoms with Crippen molar-refractivity contribution in [3.8, 4) is 0 Å². The molecule has 0 heterocycles. The minimum Gasteiger partial charge on any atom is -0.388 e. The number of benzene rings is 2. The maximum absolute atomic E-state index is 13.5. The van der Waals surface area contributed by atoms with E-state index in [4.69, 9.17) is 17.0 Å². The number of hydrogen-bond acceptors (Lipinski definition) is 3. The molecule has 2 aromatic rings. The number of anilines is 1. The standard InChI is InChI=1S/C19H19ClFN3O/c1-23-18-7-5-13(11-2-3-11)15(14(18)9-22)10-24-19(25)12-4-6-16(20)17(21)8-12/h4-9,11,22-23H,2-3,10H2,1H3,(H,24,25). The topological polar surface area (TPSA) is 65.0 Å². The van der Waals surface area contributed by atoms with Gasteiger partial charge in [-0.2, -0.15) is 0 Å². The molecule has 0 aliphatic heterocycles. The van der Waals surface area contributed by atoms with Crippen molar-refractivity contribution >= 4 is 29.4 Å². The molecule has 3 N–H and O–H groups in total. The van der Waals surface area contributed by atoms with Crippen LogP contribution in [0.25, 0.3) is 0 Å². The molecule has 1 aliphatic rings. The third-order valence-electron chi connectivity index (χ3n) is 4.43. The lowest BCUT2D eigenvalue weighted by Gasteiger charge is -2.17. The van der Waals surface area contributed by atoms with Crippen molar-refractivity contribution in [2.24, 2.45) is 0 Å². The van der Waals surface area contributed by atoms with Crippen molar-refractivity contribution in [1.29, 1.82) is 5.41 Å². The van der Waals surface area contributed by atoms with E-state index >= 15 is 0 Å². The van der Waals surface area contributed by atoms with Crippen LogP contribution >= 0.6 is 11.6 Å². The maximum Gasteiger partial charge on any atom is 0.251 e. The van der Waals surface area contributed by atoms with Gasteiger partial charge < -0.3 is 16.0 Å². The van der Waals surface area contributed by atoms with Gasteiger partial charge in [-0.1, -0.05) is 17.7 Å². The summed E-state index contributed by atoms with van der Waals surface area (Å²) in [6, 6.07) is 8.00. The van der Waals surface area contributed by atoms with Gasteiger partial charge in [-0.3, -0.25) is 4.79 Å². The molecule has 4 nitrogen and oxygen atoms in total. The second-order valence-corrected chi connectivity index (χ2v) is 6.48. The van der Waals surface area contributed by atoms with Crippen LogP contribution in [0.1, 0.15) is 45.8 Å². The quantitative estimate of drug-likeness (QED) is 0.672. The summed E-state index contributed by atoms with van der Waals surface area (Å²) >= 11 is 5.66. The van der Waals surface area contributed by atoms with E-state index in [1.54, 1.807) is 7.05 Å². The fourth-order valence-corrected chi connectivity index (χ4v) is 3.06. The monoisotopic (exact) mass is 359 g/mol.